The molecule has 0 aromatic carbocycles. The van der Waals surface area contributed by atoms with E-state index in [-0.39, 0.29) is 11.8 Å². The molecule has 130 valence electrons. The molecule has 24 heavy (non-hydrogen) atoms. The molecule has 2 aliphatic rings. The van der Waals surface area contributed by atoms with Crippen LogP contribution in [0.15, 0.2) is 30.2 Å². The molecular weight excluding hydrogens is 304 g/mol. The summed E-state index contributed by atoms with van der Waals surface area (Å²) in [7, 11) is 0. The molecular formula is C18H26N4O2. The smallest absolute Gasteiger partial charge is 0.232 e. The highest BCUT2D eigenvalue weighted by molar-refractivity contribution is 5.91. The van der Waals surface area contributed by atoms with Gasteiger partial charge in [0, 0.05) is 44.1 Å². The van der Waals surface area contributed by atoms with E-state index in [1.165, 1.54) is 0 Å². The number of nitrogens with zero attached hydrogens (tertiary/aromatic N) is 3. The lowest BCUT2D eigenvalue weighted by Gasteiger charge is -2.45. The van der Waals surface area contributed by atoms with Crippen molar-refractivity contribution in [3.63, 3.8) is 0 Å². The molecule has 1 atom stereocenters. The van der Waals surface area contributed by atoms with Crippen LogP contribution in [0.3, 0.4) is 0 Å². The van der Waals surface area contributed by atoms with E-state index in [1.54, 1.807) is 6.20 Å². The van der Waals surface area contributed by atoms with Gasteiger partial charge in [-0.15, -0.1) is 0 Å². The predicted molar refractivity (Wildman–Crippen MR) is 90.8 cm³/mol. The molecule has 1 aliphatic heterocycles. The Kier molecular flexibility index (Phi) is 5.02. The zero-order valence-corrected chi connectivity index (χ0v) is 14.3. The number of carbonyl (C=O) groups excluding carboxylic acids is 2. The molecule has 1 saturated heterocycles. The maximum atomic E-state index is 13.0. The van der Waals surface area contributed by atoms with Crippen molar-refractivity contribution in [3.05, 3.63) is 30.2 Å². The predicted octanol–water partition coefficient (Wildman–Crippen LogP) is 2.09. The Hall–Kier alpha value is -2.11. The van der Waals surface area contributed by atoms with Gasteiger partial charge in [0.15, 0.2) is 0 Å². The molecule has 1 aromatic heterocycles. The molecule has 0 spiro atoms. The van der Waals surface area contributed by atoms with Crippen molar-refractivity contribution in [1.29, 1.82) is 0 Å². The molecule has 2 amide bonds. The number of piperidine rings is 1. The van der Waals surface area contributed by atoms with Gasteiger partial charge in [-0.05, 0) is 45.1 Å². The van der Waals surface area contributed by atoms with E-state index in [9.17, 15) is 9.59 Å². The SMILES string of the molecule is CCN1C(=O)CCC2(C(=O)NCCCn3cccn3)CCCC=C12. The van der Waals surface area contributed by atoms with Gasteiger partial charge >= 0.3 is 0 Å². The molecule has 0 bridgehead atoms. The van der Waals surface area contributed by atoms with Crippen molar-refractivity contribution >= 4 is 11.8 Å². The normalized spacial score (nSPS) is 23.6. The number of aryl methyl sites for hydroxylation is 1. The minimum Gasteiger partial charge on any atom is -0.355 e. The van der Waals surface area contributed by atoms with Crippen molar-refractivity contribution in [2.75, 3.05) is 13.1 Å². The largest absolute Gasteiger partial charge is 0.355 e. The summed E-state index contributed by atoms with van der Waals surface area (Å²) in [5.74, 6) is 0.229. The van der Waals surface area contributed by atoms with Gasteiger partial charge in [0.1, 0.15) is 0 Å². The summed E-state index contributed by atoms with van der Waals surface area (Å²) in [5, 5.41) is 7.27. The summed E-state index contributed by atoms with van der Waals surface area (Å²) in [4.78, 5) is 27.0. The maximum absolute atomic E-state index is 13.0. The van der Waals surface area contributed by atoms with E-state index >= 15 is 0 Å². The number of aromatic nitrogens is 2. The number of likely N-dealkylation sites (tertiary alicyclic amines) is 1. The standard InChI is InChI=1S/C18H26N4O2/c1-2-22-15-7-3-4-9-18(15,10-8-16(22)23)17(24)19-11-5-13-21-14-6-12-20-21/h6-7,12,14H,2-5,8-11,13H2,1H3,(H,19,24). The molecule has 0 radical (unpaired) electrons. The van der Waals surface area contributed by atoms with Gasteiger partial charge in [0.05, 0.1) is 5.41 Å². The summed E-state index contributed by atoms with van der Waals surface area (Å²) in [6.45, 7) is 4.04. The average molecular weight is 330 g/mol. The summed E-state index contributed by atoms with van der Waals surface area (Å²) in [6.07, 6.45) is 10.5. The first kappa shape index (κ1) is 16.7. The van der Waals surface area contributed by atoms with Crippen LogP contribution < -0.4 is 5.32 Å². The lowest BCUT2D eigenvalue weighted by atomic mass is 9.69. The maximum Gasteiger partial charge on any atom is 0.232 e. The van der Waals surface area contributed by atoms with Crippen LogP contribution in [0.5, 0.6) is 0 Å². The minimum atomic E-state index is -0.506. The van der Waals surface area contributed by atoms with Gasteiger partial charge in [-0.1, -0.05) is 6.08 Å². The van der Waals surface area contributed by atoms with E-state index < -0.39 is 5.41 Å². The zero-order chi connectivity index (χ0) is 17.0. The number of rotatable bonds is 6. The Morgan fingerprint density at radius 2 is 2.29 bits per heavy atom. The number of hydrogen-bond donors (Lipinski definition) is 1. The molecule has 6 nitrogen and oxygen atoms in total. The fraction of sp³-hybridized carbons (Fsp3) is 0.611. The first-order valence-corrected chi connectivity index (χ1v) is 8.94. The van der Waals surface area contributed by atoms with E-state index in [0.717, 1.165) is 37.9 Å². The van der Waals surface area contributed by atoms with Crippen LogP contribution in [0.25, 0.3) is 0 Å². The summed E-state index contributed by atoms with van der Waals surface area (Å²) >= 11 is 0. The molecule has 0 saturated carbocycles. The van der Waals surface area contributed by atoms with Gasteiger partial charge in [-0.25, -0.2) is 0 Å². The van der Waals surface area contributed by atoms with Gasteiger partial charge < -0.3 is 10.2 Å². The quantitative estimate of drug-likeness (QED) is 0.812. The minimum absolute atomic E-state index is 0.0832. The van der Waals surface area contributed by atoms with Crippen LogP contribution >= 0.6 is 0 Å². The van der Waals surface area contributed by atoms with Gasteiger partial charge in [0.25, 0.3) is 0 Å². The molecule has 1 N–H and O–H groups in total. The molecule has 6 heteroatoms. The van der Waals surface area contributed by atoms with Crippen LogP contribution in [0.2, 0.25) is 0 Å². The Labute approximate surface area is 142 Å². The Morgan fingerprint density at radius 1 is 1.42 bits per heavy atom. The van der Waals surface area contributed by atoms with Crippen molar-refractivity contribution in [1.82, 2.24) is 20.0 Å². The number of nitrogens with one attached hydrogen (secondary N) is 1. The van der Waals surface area contributed by atoms with Crippen LogP contribution in [0.1, 0.15) is 45.4 Å². The second-order valence-electron chi connectivity index (χ2n) is 6.58. The first-order chi connectivity index (χ1) is 11.7. The van der Waals surface area contributed by atoms with Crippen LogP contribution in [-0.2, 0) is 16.1 Å². The van der Waals surface area contributed by atoms with E-state index in [4.69, 9.17) is 0 Å². The monoisotopic (exact) mass is 330 g/mol. The van der Waals surface area contributed by atoms with Gasteiger partial charge in [-0.3, -0.25) is 14.3 Å². The number of hydrogen-bond acceptors (Lipinski definition) is 3. The highest BCUT2D eigenvalue weighted by Gasteiger charge is 2.48. The number of carbonyl (C=O) groups is 2. The van der Waals surface area contributed by atoms with Crippen molar-refractivity contribution in [2.24, 2.45) is 5.41 Å². The van der Waals surface area contributed by atoms with Crippen molar-refractivity contribution in [2.45, 2.75) is 52.0 Å². The topological polar surface area (TPSA) is 67.2 Å². The molecule has 1 unspecified atom stereocenters. The molecule has 1 aliphatic carbocycles. The van der Waals surface area contributed by atoms with Crippen LogP contribution in [0.4, 0.5) is 0 Å². The summed E-state index contributed by atoms with van der Waals surface area (Å²) < 4.78 is 1.87. The molecule has 2 heterocycles. The second kappa shape index (κ2) is 7.20. The lowest BCUT2D eigenvalue weighted by molar-refractivity contribution is -0.140. The highest BCUT2D eigenvalue weighted by atomic mass is 16.2. The molecule has 1 aromatic rings. The zero-order valence-electron chi connectivity index (χ0n) is 14.3. The third-order valence-corrected chi connectivity index (χ3v) is 5.15. The Morgan fingerprint density at radius 3 is 3.04 bits per heavy atom. The summed E-state index contributed by atoms with van der Waals surface area (Å²) in [5.41, 5.74) is 0.436. The number of allylic oxidation sites excluding steroid dienone is 1. The Bertz CT molecular complexity index is 623. The fourth-order valence-corrected chi connectivity index (χ4v) is 3.91. The third kappa shape index (κ3) is 3.09. The van der Waals surface area contributed by atoms with Gasteiger partial charge in [-0.2, -0.15) is 5.10 Å². The number of fused-ring (bicyclic) bond motifs is 1. The van der Waals surface area contributed by atoms with E-state index in [1.807, 2.05) is 28.8 Å². The van der Waals surface area contributed by atoms with E-state index in [2.05, 4.69) is 16.5 Å². The molecule has 1 fully saturated rings. The second-order valence-corrected chi connectivity index (χ2v) is 6.58. The van der Waals surface area contributed by atoms with Gasteiger partial charge in [0.2, 0.25) is 11.8 Å². The third-order valence-electron chi connectivity index (χ3n) is 5.15. The van der Waals surface area contributed by atoms with Crippen molar-refractivity contribution < 1.29 is 9.59 Å². The lowest BCUT2D eigenvalue weighted by Crippen LogP contribution is -2.53. The average Bonchev–Trinajstić information content (AvgIpc) is 3.12. The highest BCUT2D eigenvalue weighted by Crippen LogP contribution is 2.46. The first-order valence-electron chi connectivity index (χ1n) is 8.94. The van der Waals surface area contributed by atoms with E-state index in [0.29, 0.717) is 25.9 Å². The van der Waals surface area contributed by atoms with Crippen molar-refractivity contribution in [3.8, 4) is 0 Å². The summed E-state index contributed by atoms with van der Waals surface area (Å²) in [6, 6.07) is 1.90. The molecule has 3 rings (SSSR count). The fourth-order valence-electron chi connectivity index (χ4n) is 3.91. The van der Waals surface area contributed by atoms with Crippen LogP contribution in [0, 0.1) is 5.41 Å². The van der Waals surface area contributed by atoms with Crippen LogP contribution in [-0.4, -0.2) is 39.6 Å². The Balaban J connectivity index is 1.64. The number of amides is 2.